The Labute approximate surface area is 181 Å². The third-order valence-corrected chi connectivity index (χ3v) is 5.23. The van der Waals surface area contributed by atoms with E-state index in [1.165, 1.54) is 24.8 Å². The van der Waals surface area contributed by atoms with Crippen LogP contribution in [0, 0.1) is 13.8 Å². The zero-order valence-electron chi connectivity index (χ0n) is 17.9. The van der Waals surface area contributed by atoms with Crippen molar-refractivity contribution in [2.45, 2.75) is 26.8 Å². The highest BCUT2D eigenvalue weighted by atomic mass is 16.5. The summed E-state index contributed by atoms with van der Waals surface area (Å²) in [6, 6.07) is 18.1. The summed E-state index contributed by atoms with van der Waals surface area (Å²) in [6.07, 6.45) is 0.851. The molecule has 0 saturated carbocycles. The zero-order chi connectivity index (χ0) is 22.4. The molecule has 2 aromatic carbocycles. The van der Waals surface area contributed by atoms with Crippen LogP contribution in [-0.2, 0) is 22.4 Å². The Hall–Kier alpha value is -3.67. The van der Waals surface area contributed by atoms with Crippen LogP contribution in [0.1, 0.15) is 48.0 Å². The Kier molecular flexibility index (Phi) is 7.03. The average Bonchev–Trinajstić information content (AvgIpc) is 3.09. The number of Topliss-reactive ketones (excluding diaryl/α,β-unsaturated/α-hetero) is 1. The largest absolute Gasteiger partial charge is 0.465 e. The lowest BCUT2D eigenvalue weighted by atomic mass is 10.1. The fourth-order valence-electron chi connectivity index (χ4n) is 3.55. The molecule has 0 radical (unpaired) electrons. The molecule has 3 rings (SSSR count). The molecular weight excluding hydrogens is 394 g/mol. The Morgan fingerprint density at radius 2 is 1.45 bits per heavy atom. The molecule has 160 valence electrons. The van der Waals surface area contributed by atoms with Gasteiger partial charge in [-0.05, 0) is 44.0 Å². The van der Waals surface area contributed by atoms with Crippen molar-refractivity contribution in [3.63, 3.8) is 0 Å². The van der Waals surface area contributed by atoms with Gasteiger partial charge in [-0.3, -0.25) is 4.79 Å². The van der Waals surface area contributed by atoms with Gasteiger partial charge in [0, 0.05) is 23.5 Å². The maximum atomic E-state index is 12.7. The number of methoxy groups -OCH3 is 1. The van der Waals surface area contributed by atoms with Crippen LogP contribution >= 0.6 is 0 Å². The van der Waals surface area contributed by atoms with Gasteiger partial charge >= 0.3 is 11.9 Å². The summed E-state index contributed by atoms with van der Waals surface area (Å²) < 4.78 is 12.0. The highest BCUT2D eigenvalue weighted by Gasteiger charge is 2.21. The number of hydrogen-bond donors (Lipinski definition) is 0. The van der Waals surface area contributed by atoms with Crippen LogP contribution in [0.2, 0.25) is 0 Å². The Morgan fingerprint density at radius 3 is 2.10 bits per heavy atom. The van der Waals surface area contributed by atoms with Gasteiger partial charge in [-0.1, -0.05) is 42.5 Å². The quantitative estimate of drug-likeness (QED) is 0.405. The van der Waals surface area contributed by atoms with E-state index >= 15 is 0 Å². The Bertz CT molecular complexity index is 1100. The summed E-state index contributed by atoms with van der Waals surface area (Å²) in [6.45, 7) is 4.19. The summed E-state index contributed by atoms with van der Waals surface area (Å²) >= 11 is 0. The van der Waals surface area contributed by atoms with Crippen molar-refractivity contribution in [2.75, 3.05) is 13.7 Å². The van der Waals surface area contributed by atoms with Crippen molar-refractivity contribution in [3.05, 3.63) is 94.3 Å². The third-order valence-electron chi connectivity index (χ3n) is 5.23. The standard InChI is InChI=1S/C25H25NO5/c1-17-15-22(18(2)26(17)14-13-19-9-5-4-6-10-19)23(27)16-31-25(29)21-12-8-7-11-20(21)24(28)30-3/h4-12,15H,13-14,16H2,1-3H3. The second kappa shape index (κ2) is 9.89. The monoisotopic (exact) mass is 419 g/mol. The molecule has 0 aliphatic carbocycles. The second-order valence-corrected chi connectivity index (χ2v) is 7.21. The van der Waals surface area contributed by atoms with E-state index in [1.54, 1.807) is 12.1 Å². The molecule has 1 heterocycles. The summed E-state index contributed by atoms with van der Waals surface area (Å²) in [5.41, 5.74) is 3.72. The zero-order valence-corrected chi connectivity index (χ0v) is 17.9. The normalized spacial score (nSPS) is 10.5. The van der Waals surface area contributed by atoms with Crippen LogP contribution in [0.15, 0.2) is 60.7 Å². The maximum Gasteiger partial charge on any atom is 0.339 e. The van der Waals surface area contributed by atoms with Crippen LogP contribution in [-0.4, -0.2) is 36.0 Å². The number of carbonyl (C=O) groups is 3. The summed E-state index contributed by atoms with van der Waals surface area (Å²) in [4.78, 5) is 37.0. The molecule has 31 heavy (non-hydrogen) atoms. The van der Waals surface area contributed by atoms with E-state index in [4.69, 9.17) is 9.47 Å². The second-order valence-electron chi connectivity index (χ2n) is 7.21. The number of ketones is 1. The number of aromatic nitrogens is 1. The number of nitrogens with zero attached hydrogens (tertiary/aromatic N) is 1. The number of esters is 2. The molecule has 0 saturated heterocycles. The topological polar surface area (TPSA) is 74.6 Å². The van der Waals surface area contributed by atoms with Crippen molar-refractivity contribution < 1.29 is 23.9 Å². The van der Waals surface area contributed by atoms with E-state index in [9.17, 15) is 14.4 Å². The van der Waals surface area contributed by atoms with Gasteiger partial charge in [0.05, 0.1) is 18.2 Å². The number of carbonyl (C=O) groups excluding carboxylic acids is 3. The first-order valence-electron chi connectivity index (χ1n) is 10.0. The first kappa shape index (κ1) is 22.0. The molecule has 0 aliphatic heterocycles. The van der Waals surface area contributed by atoms with Gasteiger partial charge < -0.3 is 14.0 Å². The number of rotatable bonds is 8. The first-order chi connectivity index (χ1) is 14.9. The molecule has 0 bridgehead atoms. The molecule has 0 unspecified atom stereocenters. The van der Waals surface area contributed by atoms with Crippen LogP contribution in [0.25, 0.3) is 0 Å². The molecule has 0 aliphatic rings. The molecule has 6 nitrogen and oxygen atoms in total. The summed E-state index contributed by atoms with van der Waals surface area (Å²) in [7, 11) is 1.24. The van der Waals surface area contributed by atoms with Gasteiger partial charge in [0.1, 0.15) is 0 Å². The fraction of sp³-hybridized carbons (Fsp3) is 0.240. The Balaban J connectivity index is 1.67. The van der Waals surface area contributed by atoms with Gasteiger partial charge in [0.25, 0.3) is 0 Å². The highest BCUT2D eigenvalue weighted by Crippen LogP contribution is 2.18. The van der Waals surface area contributed by atoms with Crippen molar-refractivity contribution in [1.29, 1.82) is 0 Å². The van der Waals surface area contributed by atoms with E-state index in [0.717, 1.165) is 24.4 Å². The van der Waals surface area contributed by atoms with Crippen LogP contribution in [0.3, 0.4) is 0 Å². The van der Waals surface area contributed by atoms with E-state index in [1.807, 2.05) is 38.1 Å². The molecule has 0 fully saturated rings. The van der Waals surface area contributed by atoms with Gasteiger partial charge in [-0.2, -0.15) is 0 Å². The van der Waals surface area contributed by atoms with Crippen LogP contribution < -0.4 is 0 Å². The Morgan fingerprint density at radius 1 is 0.839 bits per heavy atom. The third kappa shape index (κ3) is 5.09. The predicted octanol–water partition coefficient (Wildman–Crippen LogP) is 4.17. The summed E-state index contributed by atoms with van der Waals surface area (Å²) in [5.74, 6) is -1.67. The average molecular weight is 419 g/mol. The molecule has 0 atom stereocenters. The molecule has 1 aromatic heterocycles. The van der Waals surface area contributed by atoms with Gasteiger partial charge in [0.15, 0.2) is 6.61 Å². The van der Waals surface area contributed by atoms with Gasteiger partial charge in [0.2, 0.25) is 5.78 Å². The van der Waals surface area contributed by atoms with Crippen LogP contribution in [0.5, 0.6) is 0 Å². The summed E-state index contributed by atoms with van der Waals surface area (Å²) in [5, 5.41) is 0. The minimum absolute atomic E-state index is 0.0653. The maximum absolute atomic E-state index is 12.7. The lowest BCUT2D eigenvalue weighted by molar-refractivity contribution is 0.0463. The molecular formula is C25H25NO5. The number of benzene rings is 2. The highest BCUT2D eigenvalue weighted by molar-refractivity contribution is 6.04. The molecule has 6 heteroatoms. The smallest absolute Gasteiger partial charge is 0.339 e. The van der Waals surface area contributed by atoms with Crippen LogP contribution in [0.4, 0.5) is 0 Å². The van der Waals surface area contributed by atoms with Gasteiger partial charge in [-0.15, -0.1) is 0 Å². The number of hydrogen-bond acceptors (Lipinski definition) is 5. The van der Waals surface area contributed by atoms with Gasteiger partial charge in [-0.25, -0.2) is 9.59 Å². The lowest BCUT2D eigenvalue weighted by Gasteiger charge is -2.10. The van der Waals surface area contributed by atoms with E-state index in [0.29, 0.717) is 5.56 Å². The molecule has 0 spiro atoms. The van der Waals surface area contributed by atoms with Crippen molar-refractivity contribution in [2.24, 2.45) is 0 Å². The van der Waals surface area contributed by atoms with E-state index in [-0.39, 0.29) is 16.9 Å². The molecule has 0 amide bonds. The van der Waals surface area contributed by atoms with E-state index in [2.05, 4.69) is 16.7 Å². The van der Waals surface area contributed by atoms with Crippen molar-refractivity contribution in [1.82, 2.24) is 4.57 Å². The fourth-order valence-corrected chi connectivity index (χ4v) is 3.55. The number of ether oxygens (including phenoxy) is 2. The molecule has 0 N–H and O–H groups in total. The van der Waals surface area contributed by atoms with Crippen molar-refractivity contribution >= 4 is 17.7 Å². The molecule has 3 aromatic rings. The van der Waals surface area contributed by atoms with E-state index < -0.39 is 18.5 Å². The minimum atomic E-state index is -0.743. The van der Waals surface area contributed by atoms with Crippen molar-refractivity contribution in [3.8, 4) is 0 Å². The lowest BCUT2D eigenvalue weighted by Crippen LogP contribution is -2.18. The SMILES string of the molecule is COC(=O)c1ccccc1C(=O)OCC(=O)c1cc(C)n(CCc2ccccc2)c1C. The first-order valence-corrected chi connectivity index (χ1v) is 10.0. The predicted molar refractivity (Wildman–Crippen MR) is 116 cm³/mol. The minimum Gasteiger partial charge on any atom is -0.465 e. The number of aryl methyl sites for hydroxylation is 2.